The van der Waals surface area contributed by atoms with Crippen molar-refractivity contribution in [3.05, 3.63) is 0 Å². The molecule has 0 rings (SSSR count). The van der Waals surface area contributed by atoms with Crippen molar-refractivity contribution in [3.8, 4) is 0 Å². The van der Waals surface area contributed by atoms with Crippen molar-refractivity contribution >= 4 is 11.8 Å². The van der Waals surface area contributed by atoms with Gasteiger partial charge in [-0.25, -0.2) is 0 Å². The van der Waals surface area contributed by atoms with Gasteiger partial charge in [0.1, 0.15) is 0 Å². The lowest BCUT2D eigenvalue weighted by molar-refractivity contribution is 0.145. The summed E-state index contributed by atoms with van der Waals surface area (Å²) in [5.74, 6) is 1.14. The third-order valence-electron chi connectivity index (χ3n) is 3.07. The second kappa shape index (κ2) is 16.3. The van der Waals surface area contributed by atoms with Crippen LogP contribution in [0.1, 0.15) is 71.1 Å². The van der Waals surface area contributed by atoms with E-state index in [1.54, 1.807) is 0 Å². The molecule has 0 atom stereocenters. The topological polar surface area (TPSA) is 9.23 Å². The van der Waals surface area contributed by atoms with Crippen molar-refractivity contribution in [1.29, 1.82) is 0 Å². The quantitative estimate of drug-likeness (QED) is 0.393. The minimum atomic E-state index is 0.929. The summed E-state index contributed by atoms with van der Waals surface area (Å²) in [5.41, 5.74) is 0. The molecule has 0 spiro atoms. The molecule has 0 aliphatic heterocycles. The number of hydrogen-bond donors (Lipinski definition) is 0. The molecule has 0 saturated carbocycles. The van der Waals surface area contributed by atoms with E-state index in [1.165, 1.54) is 64.2 Å². The number of rotatable bonds is 14. The summed E-state index contributed by atoms with van der Waals surface area (Å²) in [5, 5.41) is 0. The fraction of sp³-hybridized carbons (Fsp3) is 1.00. The van der Waals surface area contributed by atoms with E-state index < -0.39 is 0 Å². The van der Waals surface area contributed by atoms with Gasteiger partial charge in [0.2, 0.25) is 0 Å². The van der Waals surface area contributed by atoms with Crippen LogP contribution >= 0.6 is 11.8 Å². The summed E-state index contributed by atoms with van der Waals surface area (Å²) < 4.78 is 5.53. The molecule has 0 heterocycles. The Morgan fingerprint density at radius 2 is 1.24 bits per heavy atom. The lowest BCUT2D eigenvalue weighted by Gasteiger charge is -2.03. The fourth-order valence-electron chi connectivity index (χ4n) is 1.94. The fourth-order valence-corrected chi connectivity index (χ4v) is 2.22. The monoisotopic (exact) mass is 260 g/mol. The smallest absolute Gasteiger partial charge is 0.0556 e. The molecule has 0 radical (unpaired) electrons. The first-order valence-corrected chi connectivity index (χ1v) is 8.88. The zero-order valence-electron chi connectivity index (χ0n) is 12.0. The molecule has 0 aromatic heterocycles. The molecule has 0 fully saturated rings. The van der Waals surface area contributed by atoms with Crippen molar-refractivity contribution in [2.24, 2.45) is 0 Å². The molecule has 0 unspecified atom stereocenters. The van der Waals surface area contributed by atoms with Gasteiger partial charge in [-0.3, -0.25) is 0 Å². The third-order valence-corrected chi connectivity index (χ3v) is 3.65. The average molecular weight is 260 g/mol. The maximum Gasteiger partial charge on any atom is 0.0556 e. The molecule has 2 heteroatoms. The van der Waals surface area contributed by atoms with Gasteiger partial charge in [0.15, 0.2) is 0 Å². The molecule has 0 aromatic rings. The normalized spacial score (nSPS) is 10.9. The Morgan fingerprint density at radius 3 is 1.76 bits per heavy atom. The summed E-state index contributed by atoms with van der Waals surface area (Å²) in [7, 11) is 0. The Labute approximate surface area is 113 Å². The first-order chi connectivity index (χ1) is 8.41. The van der Waals surface area contributed by atoms with Crippen LogP contribution in [0.2, 0.25) is 0 Å². The summed E-state index contributed by atoms with van der Waals surface area (Å²) in [4.78, 5) is 0. The standard InChI is InChI=1S/C15H32OS/c1-3-4-5-6-7-8-9-10-11-12-13-16-14-15-17-2/h3-15H2,1-2H3. The van der Waals surface area contributed by atoms with Gasteiger partial charge in [0, 0.05) is 12.4 Å². The molecular weight excluding hydrogens is 228 g/mol. The second-order valence-corrected chi connectivity index (χ2v) is 5.77. The molecule has 0 aromatic carbocycles. The minimum Gasteiger partial charge on any atom is -0.381 e. The Hall–Kier alpha value is 0.310. The van der Waals surface area contributed by atoms with E-state index in [-0.39, 0.29) is 0 Å². The largest absolute Gasteiger partial charge is 0.381 e. The maximum absolute atomic E-state index is 5.53. The van der Waals surface area contributed by atoms with Crippen molar-refractivity contribution in [2.45, 2.75) is 71.1 Å². The molecule has 104 valence electrons. The second-order valence-electron chi connectivity index (χ2n) is 4.79. The van der Waals surface area contributed by atoms with Crippen LogP contribution in [0.3, 0.4) is 0 Å². The average Bonchev–Trinajstić information content (AvgIpc) is 2.35. The summed E-state index contributed by atoms with van der Waals surface area (Å²) in [6.45, 7) is 4.18. The molecule has 1 nitrogen and oxygen atoms in total. The van der Waals surface area contributed by atoms with Crippen LogP contribution in [0.15, 0.2) is 0 Å². The zero-order chi connectivity index (χ0) is 12.6. The minimum absolute atomic E-state index is 0.929. The highest BCUT2D eigenvalue weighted by atomic mass is 32.2. The molecule has 17 heavy (non-hydrogen) atoms. The Kier molecular flexibility index (Phi) is 16.6. The molecular formula is C15H32OS. The first-order valence-electron chi connectivity index (χ1n) is 7.48. The predicted molar refractivity (Wildman–Crippen MR) is 81.0 cm³/mol. The van der Waals surface area contributed by atoms with E-state index in [4.69, 9.17) is 4.74 Å². The van der Waals surface area contributed by atoms with Crippen LogP contribution in [-0.2, 0) is 4.74 Å². The SMILES string of the molecule is CCCCCCCCCCCCOCCSC. The van der Waals surface area contributed by atoms with Gasteiger partial charge in [0.05, 0.1) is 6.61 Å². The highest BCUT2D eigenvalue weighted by Crippen LogP contribution is 2.10. The van der Waals surface area contributed by atoms with Gasteiger partial charge in [-0.15, -0.1) is 0 Å². The molecule has 0 aliphatic rings. The lowest BCUT2D eigenvalue weighted by Crippen LogP contribution is -1.98. The summed E-state index contributed by atoms with van der Waals surface area (Å²) in [6.07, 6.45) is 16.1. The lowest BCUT2D eigenvalue weighted by atomic mass is 10.1. The summed E-state index contributed by atoms with van der Waals surface area (Å²) >= 11 is 1.86. The molecule has 0 aliphatic carbocycles. The number of unbranched alkanes of at least 4 members (excludes halogenated alkanes) is 9. The van der Waals surface area contributed by atoms with E-state index in [0.717, 1.165) is 19.0 Å². The maximum atomic E-state index is 5.53. The van der Waals surface area contributed by atoms with Gasteiger partial charge in [-0.1, -0.05) is 64.7 Å². The number of ether oxygens (including phenoxy) is 1. The third kappa shape index (κ3) is 16.3. The van der Waals surface area contributed by atoms with Crippen LogP contribution in [-0.4, -0.2) is 25.2 Å². The Balaban J connectivity index is 2.85. The van der Waals surface area contributed by atoms with Crippen LogP contribution < -0.4 is 0 Å². The molecule has 0 saturated heterocycles. The van der Waals surface area contributed by atoms with Gasteiger partial charge in [-0.2, -0.15) is 11.8 Å². The highest BCUT2D eigenvalue weighted by Gasteiger charge is 1.93. The number of thioether (sulfide) groups is 1. The predicted octanol–water partition coefficient (Wildman–Crippen LogP) is 5.29. The highest BCUT2D eigenvalue weighted by molar-refractivity contribution is 7.98. The van der Waals surface area contributed by atoms with E-state index >= 15 is 0 Å². The Morgan fingerprint density at radius 1 is 0.706 bits per heavy atom. The van der Waals surface area contributed by atoms with Crippen molar-refractivity contribution in [3.63, 3.8) is 0 Å². The molecule has 0 bridgehead atoms. The first kappa shape index (κ1) is 17.3. The van der Waals surface area contributed by atoms with Crippen LogP contribution in [0, 0.1) is 0 Å². The van der Waals surface area contributed by atoms with Crippen molar-refractivity contribution in [2.75, 3.05) is 25.2 Å². The van der Waals surface area contributed by atoms with E-state index in [1.807, 2.05) is 11.8 Å². The van der Waals surface area contributed by atoms with Crippen molar-refractivity contribution in [1.82, 2.24) is 0 Å². The number of hydrogen-bond acceptors (Lipinski definition) is 2. The molecule has 0 N–H and O–H groups in total. The van der Waals surface area contributed by atoms with Gasteiger partial charge >= 0.3 is 0 Å². The van der Waals surface area contributed by atoms with Gasteiger partial charge in [-0.05, 0) is 12.7 Å². The Bertz CT molecular complexity index is 114. The van der Waals surface area contributed by atoms with Crippen molar-refractivity contribution < 1.29 is 4.74 Å². The molecule has 0 amide bonds. The van der Waals surface area contributed by atoms with Crippen LogP contribution in [0.5, 0.6) is 0 Å². The van der Waals surface area contributed by atoms with E-state index in [9.17, 15) is 0 Å². The van der Waals surface area contributed by atoms with Gasteiger partial charge in [0.25, 0.3) is 0 Å². The van der Waals surface area contributed by atoms with E-state index in [0.29, 0.717) is 0 Å². The summed E-state index contributed by atoms with van der Waals surface area (Å²) in [6, 6.07) is 0. The van der Waals surface area contributed by atoms with Gasteiger partial charge < -0.3 is 4.74 Å². The van der Waals surface area contributed by atoms with Crippen LogP contribution in [0.4, 0.5) is 0 Å². The zero-order valence-corrected chi connectivity index (χ0v) is 12.8. The van der Waals surface area contributed by atoms with Crippen LogP contribution in [0.25, 0.3) is 0 Å². The van der Waals surface area contributed by atoms with E-state index in [2.05, 4.69) is 13.2 Å².